The van der Waals surface area contributed by atoms with Gasteiger partial charge in [-0.2, -0.15) is 0 Å². The van der Waals surface area contributed by atoms with Gasteiger partial charge in [-0.15, -0.1) is 11.8 Å². The topological polar surface area (TPSA) is 111 Å². The second-order valence-electron chi connectivity index (χ2n) is 12.9. The first kappa shape index (κ1) is 37.5. The largest absolute Gasteiger partial charge is 0.497 e. The maximum atomic E-state index is 14.1. The third kappa shape index (κ3) is 8.30. The predicted molar refractivity (Wildman–Crippen MR) is 225 cm³/mol. The van der Waals surface area contributed by atoms with Gasteiger partial charge in [-0.3, -0.25) is 14.4 Å². The Morgan fingerprint density at radius 3 is 2.16 bits per heavy atom. The molecule has 7 rings (SSSR count). The van der Waals surface area contributed by atoms with E-state index in [9.17, 15) is 14.4 Å². The molecular formula is C46H40N4O5S. The first-order valence-electron chi connectivity index (χ1n) is 18.1. The van der Waals surface area contributed by atoms with Gasteiger partial charge in [-0.1, -0.05) is 72.8 Å². The summed E-state index contributed by atoms with van der Waals surface area (Å²) in [5.41, 5.74) is 5.18. The van der Waals surface area contributed by atoms with E-state index in [0.29, 0.717) is 34.0 Å². The van der Waals surface area contributed by atoms with Crippen molar-refractivity contribution in [2.45, 2.75) is 23.6 Å². The number of aryl methyl sites for hydroxylation is 1. The number of ether oxygens (including phenoxy) is 2. The number of carbonyl (C=O) groups excluding carboxylic acids is 3. The monoisotopic (exact) mass is 760 g/mol. The van der Waals surface area contributed by atoms with E-state index in [1.54, 1.807) is 67.8 Å². The number of methoxy groups -OCH3 is 2. The van der Waals surface area contributed by atoms with Crippen molar-refractivity contribution >= 4 is 68.7 Å². The van der Waals surface area contributed by atoms with Crippen LogP contribution in [-0.2, 0) is 16.1 Å². The molecule has 6 aromatic carbocycles. The second-order valence-corrected chi connectivity index (χ2v) is 14.0. The lowest BCUT2D eigenvalue weighted by Crippen LogP contribution is -2.30. The summed E-state index contributed by atoms with van der Waals surface area (Å²) in [5.74, 6) is -0.155. The van der Waals surface area contributed by atoms with Crippen molar-refractivity contribution in [1.82, 2.24) is 9.88 Å². The summed E-state index contributed by atoms with van der Waals surface area (Å²) in [7, 11) is 3.07. The summed E-state index contributed by atoms with van der Waals surface area (Å²) in [4.78, 5) is 42.2. The fraction of sp³-hybridized carbons (Fsp3) is 0.109. The number of nitrogens with one attached hydrogen (secondary N) is 3. The Labute approximate surface area is 329 Å². The van der Waals surface area contributed by atoms with Gasteiger partial charge in [0, 0.05) is 55.7 Å². The summed E-state index contributed by atoms with van der Waals surface area (Å²) in [6.07, 6.45) is 1.54. The molecule has 0 bridgehead atoms. The molecule has 1 unspecified atom stereocenters. The van der Waals surface area contributed by atoms with Crippen LogP contribution in [0.15, 0.2) is 156 Å². The molecule has 0 spiro atoms. The molecule has 280 valence electrons. The zero-order valence-corrected chi connectivity index (χ0v) is 31.9. The van der Waals surface area contributed by atoms with Gasteiger partial charge < -0.3 is 30.0 Å². The van der Waals surface area contributed by atoms with Crippen LogP contribution >= 0.6 is 11.8 Å². The van der Waals surface area contributed by atoms with Gasteiger partial charge in [0.05, 0.1) is 14.2 Å². The van der Waals surface area contributed by atoms with Gasteiger partial charge in [0.1, 0.15) is 22.4 Å². The summed E-state index contributed by atoms with van der Waals surface area (Å²) in [6.45, 7) is 2.96. The minimum Gasteiger partial charge on any atom is -0.497 e. The number of hydrogen-bond donors (Lipinski definition) is 3. The van der Waals surface area contributed by atoms with Crippen LogP contribution in [-0.4, -0.2) is 36.5 Å². The van der Waals surface area contributed by atoms with Gasteiger partial charge in [0.15, 0.2) is 0 Å². The third-order valence-electron chi connectivity index (χ3n) is 9.31. The number of benzene rings is 6. The van der Waals surface area contributed by atoms with Gasteiger partial charge >= 0.3 is 0 Å². The highest BCUT2D eigenvalue weighted by molar-refractivity contribution is 8.00. The highest BCUT2D eigenvalue weighted by atomic mass is 32.2. The molecule has 3 amide bonds. The van der Waals surface area contributed by atoms with Crippen molar-refractivity contribution < 1.29 is 23.9 Å². The van der Waals surface area contributed by atoms with E-state index in [2.05, 4.69) is 45.6 Å². The fourth-order valence-corrected chi connectivity index (χ4v) is 7.70. The van der Waals surface area contributed by atoms with E-state index in [4.69, 9.17) is 9.47 Å². The molecule has 0 aliphatic carbocycles. The van der Waals surface area contributed by atoms with Crippen LogP contribution in [0, 0.1) is 0 Å². The smallest absolute Gasteiger partial charge is 0.272 e. The molecule has 9 nitrogen and oxygen atoms in total. The highest BCUT2D eigenvalue weighted by Crippen LogP contribution is 2.38. The van der Waals surface area contributed by atoms with Crippen LogP contribution in [0.25, 0.3) is 27.9 Å². The SMILES string of the molecule is CCn1c2ccccc2c2cc(NC(=O)C(Sc3cccc(NC(=O)/C(=C\c4cc(OC)ccc4OC)NC(=O)c4ccccc4)c3)c3ccccc3)ccc21. The summed E-state index contributed by atoms with van der Waals surface area (Å²) < 4.78 is 13.2. The number of carbonyl (C=O) groups is 3. The zero-order valence-electron chi connectivity index (χ0n) is 31.1. The molecule has 0 aliphatic heterocycles. The summed E-state index contributed by atoms with van der Waals surface area (Å²) >= 11 is 1.37. The predicted octanol–water partition coefficient (Wildman–Crippen LogP) is 9.71. The maximum Gasteiger partial charge on any atom is 0.272 e. The number of para-hydroxylation sites is 1. The van der Waals surface area contributed by atoms with Crippen molar-refractivity contribution in [3.8, 4) is 11.5 Å². The Kier molecular flexibility index (Phi) is 11.5. The first-order valence-corrected chi connectivity index (χ1v) is 19.0. The lowest BCUT2D eigenvalue weighted by atomic mass is 10.1. The highest BCUT2D eigenvalue weighted by Gasteiger charge is 2.24. The molecule has 56 heavy (non-hydrogen) atoms. The number of rotatable bonds is 13. The molecule has 7 aromatic rings. The van der Waals surface area contributed by atoms with Crippen LogP contribution < -0.4 is 25.4 Å². The van der Waals surface area contributed by atoms with Crippen molar-refractivity contribution in [1.29, 1.82) is 0 Å². The molecule has 3 N–H and O–H groups in total. The minimum absolute atomic E-state index is 0.0102. The molecule has 0 fully saturated rings. The van der Waals surface area contributed by atoms with Gasteiger partial charge in [0.2, 0.25) is 5.91 Å². The lowest BCUT2D eigenvalue weighted by molar-refractivity contribution is -0.116. The number of aromatic nitrogens is 1. The maximum absolute atomic E-state index is 14.1. The minimum atomic E-state index is -0.615. The van der Waals surface area contributed by atoms with Crippen LogP contribution in [0.2, 0.25) is 0 Å². The average Bonchev–Trinajstić information content (AvgIpc) is 3.56. The van der Waals surface area contributed by atoms with E-state index in [1.807, 2.05) is 72.8 Å². The van der Waals surface area contributed by atoms with E-state index in [1.165, 1.54) is 18.9 Å². The fourth-order valence-electron chi connectivity index (χ4n) is 6.61. The number of hydrogen-bond acceptors (Lipinski definition) is 6. The Balaban J connectivity index is 1.15. The summed E-state index contributed by atoms with van der Waals surface area (Å²) in [6, 6.07) is 45.0. The molecule has 1 heterocycles. The zero-order chi connectivity index (χ0) is 39.0. The van der Waals surface area contributed by atoms with E-state index in [-0.39, 0.29) is 11.6 Å². The number of fused-ring (bicyclic) bond motifs is 3. The lowest BCUT2D eigenvalue weighted by Gasteiger charge is -2.18. The Morgan fingerprint density at radius 2 is 1.41 bits per heavy atom. The normalized spacial score (nSPS) is 11.9. The van der Waals surface area contributed by atoms with Crippen LogP contribution in [0.4, 0.5) is 11.4 Å². The van der Waals surface area contributed by atoms with Crippen LogP contribution in [0.1, 0.15) is 33.7 Å². The number of thioether (sulfide) groups is 1. The third-order valence-corrected chi connectivity index (χ3v) is 10.6. The van der Waals surface area contributed by atoms with E-state index >= 15 is 0 Å². The van der Waals surface area contributed by atoms with E-state index in [0.717, 1.165) is 38.8 Å². The van der Waals surface area contributed by atoms with E-state index < -0.39 is 17.1 Å². The molecule has 10 heteroatoms. The molecule has 0 saturated carbocycles. The van der Waals surface area contributed by atoms with Crippen molar-refractivity contribution in [2.75, 3.05) is 24.9 Å². The molecular weight excluding hydrogens is 721 g/mol. The number of anilines is 2. The van der Waals surface area contributed by atoms with Gasteiger partial charge in [0.25, 0.3) is 11.8 Å². The van der Waals surface area contributed by atoms with Crippen molar-refractivity contribution in [2.24, 2.45) is 0 Å². The van der Waals surface area contributed by atoms with Crippen molar-refractivity contribution in [3.05, 3.63) is 168 Å². The molecule has 0 radical (unpaired) electrons. The average molecular weight is 761 g/mol. The molecule has 0 saturated heterocycles. The van der Waals surface area contributed by atoms with Gasteiger partial charge in [-0.05, 0) is 91.4 Å². The van der Waals surface area contributed by atoms with Crippen LogP contribution in [0.3, 0.4) is 0 Å². The quantitative estimate of drug-likeness (QED) is 0.0798. The molecule has 1 aromatic heterocycles. The Bertz CT molecular complexity index is 2570. The number of nitrogens with zero attached hydrogens (tertiary/aromatic N) is 1. The second kappa shape index (κ2) is 17.1. The van der Waals surface area contributed by atoms with Gasteiger partial charge in [-0.25, -0.2) is 0 Å². The summed E-state index contributed by atoms with van der Waals surface area (Å²) in [5, 5.41) is 10.5. The number of amides is 3. The van der Waals surface area contributed by atoms with Crippen LogP contribution in [0.5, 0.6) is 11.5 Å². The Morgan fingerprint density at radius 1 is 0.696 bits per heavy atom. The molecule has 1 atom stereocenters. The Hall–Kier alpha value is -6.78. The standard InChI is InChI=1S/C46H40N4O5S/c1-4-50-40-21-12-11-20-37(40)38-29-34(22-24-41(38)50)48-46(53)43(30-14-7-5-8-15-30)56-36-19-13-18-33(28-36)47-45(52)39(49-44(51)31-16-9-6-10-17-31)27-32-26-35(54-2)23-25-42(32)55-3/h5-29,43H,4H2,1-3H3,(H,47,52)(H,48,53)(H,49,51)/b39-27+. The van der Waals surface area contributed by atoms with Crippen molar-refractivity contribution in [3.63, 3.8) is 0 Å². The molecule has 0 aliphatic rings. The first-order chi connectivity index (χ1) is 27.3.